The number of aryl methyl sites for hydroxylation is 1. The van der Waals surface area contributed by atoms with E-state index in [1.54, 1.807) is 12.1 Å². The quantitative estimate of drug-likeness (QED) is 0.198. The second kappa shape index (κ2) is 9.99. The van der Waals surface area contributed by atoms with Crippen molar-refractivity contribution in [2.24, 2.45) is 0 Å². The first-order valence-electron chi connectivity index (χ1n) is 14.1. The molecule has 2 unspecified atom stereocenters. The van der Waals surface area contributed by atoms with Gasteiger partial charge < -0.3 is 0 Å². The van der Waals surface area contributed by atoms with Crippen molar-refractivity contribution in [1.29, 1.82) is 0 Å². The summed E-state index contributed by atoms with van der Waals surface area (Å²) in [4.78, 5) is 2.99. The van der Waals surface area contributed by atoms with Gasteiger partial charge in [-0.3, -0.25) is 0 Å². The van der Waals surface area contributed by atoms with Crippen LogP contribution in [0.2, 0.25) is 5.02 Å². The zero-order valence-corrected chi connectivity index (χ0v) is 25.6. The Morgan fingerprint density at radius 1 is 0.465 bits per heavy atom. The highest BCUT2D eigenvalue weighted by Gasteiger charge is 2.52. The molecular weight excluding hydrogens is 588 g/mol. The van der Waals surface area contributed by atoms with Gasteiger partial charge in [0, 0.05) is 24.6 Å². The van der Waals surface area contributed by atoms with Crippen molar-refractivity contribution in [2.75, 3.05) is 0 Å². The molecule has 0 heterocycles. The number of hydrogen-bond acceptors (Lipinski definition) is 2. The van der Waals surface area contributed by atoms with Crippen LogP contribution in [0.5, 0.6) is 0 Å². The summed E-state index contributed by atoms with van der Waals surface area (Å²) in [6, 6.07) is 44.7. The standard InChI is InChI=1S/C38H25ClO2S2/c1-24-10-14-26(15-11-24)42(40)28-18-20-32-33-21-19-29(43(41)27-16-12-25(39)13-17-27)23-37(33)38(36(32)22-28)34-8-4-2-6-30(34)31-7-3-5-9-35(31)38/h2-23H,1H3. The van der Waals surface area contributed by atoms with Gasteiger partial charge in [0.05, 0.1) is 27.0 Å². The van der Waals surface area contributed by atoms with Gasteiger partial charge in [0.1, 0.15) is 0 Å². The Morgan fingerprint density at radius 3 is 1.35 bits per heavy atom. The Morgan fingerprint density at radius 2 is 0.860 bits per heavy atom. The molecule has 2 aliphatic carbocycles. The molecular formula is C38H25ClO2S2. The summed E-state index contributed by atoms with van der Waals surface area (Å²) >= 11 is 6.13. The van der Waals surface area contributed by atoms with Gasteiger partial charge in [0.2, 0.25) is 0 Å². The summed E-state index contributed by atoms with van der Waals surface area (Å²) in [5.41, 5.74) is 9.65. The first kappa shape index (κ1) is 26.5. The Bertz CT molecular complexity index is 1980. The number of benzene rings is 6. The van der Waals surface area contributed by atoms with Crippen LogP contribution in [0.4, 0.5) is 0 Å². The molecule has 0 amide bonds. The van der Waals surface area contributed by atoms with Gasteiger partial charge >= 0.3 is 0 Å². The second-order valence-corrected chi connectivity index (χ2v) is 14.5. The van der Waals surface area contributed by atoms with Gasteiger partial charge in [0.25, 0.3) is 0 Å². The predicted molar refractivity (Wildman–Crippen MR) is 175 cm³/mol. The van der Waals surface area contributed by atoms with Crippen LogP contribution in [0, 0.1) is 6.92 Å². The van der Waals surface area contributed by atoms with E-state index in [1.807, 2.05) is 55.5 Å². The SMILES string of the molecule is Cc1ccc(S(=O)c2ccc3c(c2)C2(c4ccccc4-c4ccccc42)c2cc(S(=O)c4ccc(Cl)cc4)ccc2-3)cc1. The van der Waals surface area contributed by atoms with Gasteiger partial charge in [-0.1, -0.05) is 90.0 Å². The maximum atomic E-state index is 13.9. The summed E-state index contributed by atoms with van der Waals surface area (Å²) in [6.45, 7) is 2.03. The molecule has 6 aromatic rings. The van der Waals surface area contributed by atoms with E-state index in [0.717, 1.165) is 42.5 Å². The van der Waals surface area contributed by atoms with Gasteiger partial charge in [-0.2, -0.15) is 0 Å². The monoisotopic (exact) mass is 612 g/mol. The molecule has 0 aliphatic heterocycles. The van der Waals surface area contributed by atoms with Crippen molar-refractivity contribution in [3.8, 4) is 22.3 Å². The van der Waals surface area contributed by atoms with Crippen LogP contribution in [0.3, 0.4) is 0 Å². The molecule has 0 fully saturated rings. The van der Waals surface area contributed by atoms with Gasteiger partial charge in [-0.25, -0.2) is 8.42 Å². The Balaban J connectivity index is 1.39. The predicted octanol–water partition coefficient (Wildman–Crippen LogP) is 9.33. The van der Waals surface area contributed by atoms with Crippen LogP contribution in [-0.4, -0.2) is 8.42 Å². The molecule has 0 radical (unpaired) electrons. The lowest BCUT2D eigenvalue weighted by molar-refractivity contribution is 0.682. The van der Waals surface area contributed by atoms with Gasteiger partial charge in [0.15, 0.2) is 0 Å². The molecule has 2 atom stereocenters. The summed E-state index contributed by atoms with van der Waals surface area (Å²) in [5, 5.41) is 0.613. The number of fused-ring (bicyclic) bond motifs is 10. The van der Waals surface area contributed by atoms with Crippen molar-refractivity contribution >= 4 is 33.2 Å². The molecule has 43 heavy (non-hydrogen) atoms. The summed E-state index contributed by atoms with van der Waals surface area (Å²) < 4.78 is 27.8. The molecule has 6 aromatic carbocycles. The highest BCUT2D eigenvalue weighted by molar-refractivity contribution is 7.85. The fraction of sp³-hybridized carbons (Fsp3) is 0.0526. The molecule has 1 spiro atoms. The van der Waals surface area contributed by atoms with Crippen LogP contribution in [-0.2, 0) is 27.0 Å². The van der Waals surface area contributed by atoms with E-state index in [4.69, 9.17) is 11.6 Å². The van der Waals surface area contributed by atoms with E-state index >= 15 is 0 Å². The first-order chi connectivity index (χ1) is 21.0. The van der Waals surface area contributed by atoms with Gasteiger partial charge in [-0.15, -0.1) is 0 Å². The Hall–Kier alpha value is -4.09. The average molecular weight is 613 g/mol. The molecule has 0 bridgehead atoms. The molecule has 5 heteroatoms. The highest BCUT2D eigenvalue weighted by Crippen LogP contribution is 2.63. The van der Waals surface area contributed by atoms with Crippen molar-refractivity contribution in [1.82, 2.24) is 0 Å². The molecule has 8 rings (SSSR count). The third kappa shape index (κ3) is 3.90. The normalized spacial score (nSPS) is 14.9. The van der Waals surface area contributed by atoms with Crippen LogP contribution in [0.15, 0.2) is 153 Å². The number of halogens is 1. The average Bonchev–Trinajstić information content (AvgIpc) is 3.51. The van der Waals surface area contributed by atoms with E-state index in [2.05, 4.69) is 72.8 Å². The van der Waals surface area contributed by atoms with E-state index in [9.17, 15) is 8.42 Å². The van der Waals surface area contributed by atoms with Crippen molar-refractivity contribution in [2.45, 2.75) is 31.9 Å². The third-order valence-electron chi connectivity index (χ3n) is 8.72. The summed E-state index contributed by atoms with van der Waals surface area (Å²) in [6.07, 6.45) is 0. The zero-order valence-electron chi connectivity index (χ0n) is 23.2. The van der Waals surface area contributed by atoms with E-state index in [1.165, 1.54) is 22.3 Å². The highest BCUT2D eigenvalue weighted by atomic mass is 35.5. The topological polar surface area (TPSA) is 34.1 Å². The van der Waals surface area contributed by atoms with Crippen LogP contribution in [0.1, 0.15) is 27.8 Å². The van der Waals surface area contributed by atoms with Gasteiger partial charge in [-0.05, 0) is 112 Å². The molecule has 0 saturated heterocycles. The maximum Gasteiger partial charge on any atom is 0.0849 e. The van der Waals surface area contributed by atoms with Crippen molar-refractivity contribution in [3.63, 3.8) is 0 Å². The van der Waals surface area contributed by atoms with Crippen LogP contribution in [0.25, 0.3) is 22.3 Å². The lowest BCUT2D eigenvalue weighted by atomic mass is 9.70. The fourth-order valence-electron chi connectivity index (χ4n) is 6.82. The Kier molecular flexibility index (Phi) is 6.16. The van der Waals surface area contributed by atoms with Crippen molar-refractivity contribution < 1.29 is 8.42 Å². The lowest BCUT2D eigenvalue weighted by Gasteiger charge is -2.31. The number of hydrogen-bond donors (Lipinski definition) is 0. The second-order valence-electron chi connectivity index (χ2n) is 11.1. The maximum absolute atomic E-state index is 13.9. The number of rotatable bonds is 4. The van der Waals surface area contributed by atoms with Crippen LogP contribution >= 0.6 is 11.6 Å². The molecule has 0 N–H and O–H groups in total. The van der Waals surface area contributed by atoms with Crippen LogP contribution < -0.4 is 0 Å². The minimum Gasteiger partial charge on any atom is -0.249 e. The summed E-state index contributed by atoms with van der Waals surface area (Å²) in [7, 11) is -2.73. The zero-order chi connectivity index (χ0) is 29.3. The minimum atomic E-state index is -1.39. The molecule has 208 valence electrons. The molecule has 0 saturated carbocycles. The largest absolute Gasteiger partial charge is 0.249 e. The first-order valence-corrected chi connectivity index (χ1v) is 16.8. The fourth-order valence-corrected chi connectivity index (χ4v) is 9.09. The third-order valence-corrected chi connectivity index (χ3v) is 11.7. The van der Waals surface area contributed by atoms with E-state index in [-0.39, 0.29) is 0 Å². The minimum absolute atomic E-state index is 0.613. The molecule has 2 aliphatic rings. The van der Waals surface area contributed by atoms with E-state index < -0.39 is 27.0 Å². The van der Waals surface area contributed by atoms with E-state index in [0.29, 0.717) is 9.92 Å². The summed E-state index contributed by atoms with van der Waals surface area (Å²) in [5.74, 6) is 0. The van der Waals surface area contributed by atoms with Crippen molar-refractivity contribution in [3.05, 3.63) is 166 Å². The molecule has 0 aromatic heterocycles. The Labute approximate surface area is 260 Å². The lowest BCUT2D eigenvalue weighted by Crippen LogP contribution is -2.26. The molecule has 2 nitrogen and oxygen atoms in total. The smallest absolute Gasteiger partial charge is 0.0849 e.